The molecule has 0 atom stereocenters. The Morgan fingerprint density at radius 3 is 2.71 bits per heavy atom. The van der Waals surface area contributed by atoms with Gasteiger partial charge in [0, 0.05) is 29.2 Å². The highest BCUT2D eigenvalue weighted by Gasteiger charge is 2.05. The zero-order chi connectivity index (χ0) is 10.4. The van der Waals surface area contributed by atoms with Gasteiger partial charge in [-0.05, 0) is 24.8 Å². The second-order valence-corrected chi connectivity index (χ2v) is 4.26. The molecule has 3 heteroatoms. The first-order chi connectivity index (χ1) is 6.83. The maximum atomic E-state index is 5.76. The SMILES string of the molecule is CCNc1cccc(SCC)c1CN. The number of hydrogen-bond donors (Lipinski definition) is 2. The minimum atomic E-state index is 0.603. The van der Waals surface area contributed by atoms with Gasteiger partial charge in [-0.15, -0.1) is 11.8 Å². The molecule has 0 heterocycles. The van der Waals surface area contributed by atoms with Crippen molar-refractivity contribution >= 4 is 17.4 Å². The lowest BCUT2D eigenvalue weighted by Crippen LogP contribution is -2.06. The van der Waals surface area contributed by atoms with E-state index in [0.29, 0.717) is 6.54 Å². The van der Waals surface area contributed by atoms with E-state index in [2.05, 4.69) is 37.4 Å². The molecular formula is C11H18N2S. The minimum absolute atomic E-state index is 0.603. The molecule has 78 valence electrons. The third kappa shape index (κ3) is 2.66. The Morgan fingerprint density at radius 2 is 2.14 bits per heavy atom. The molecule has 0 aliphatic heterocycles. The number of nitrogens with two attached hydrogens (primary N) is 1. The number of thioether (sulfide) groups is 1. The predicted molar refractivity (Wildman–Crippen MR) is 64.9 cm³/mol. The Bertz CT molecular complexity index is 262. The van der Waals surface area contributed by atoms with E-state index in [1.165, 1.54) is 16.1 Å². The summed E-state index contributed by atoms with van der Waals surface area (Å²) in [5.41, 5.74) is 8.17. The fourth-order valence-electron chi connectivity index (χ4n) is 1.42. The monoisotopic (exact) mass is 210 g/mol. The van der Waals surface area contributed by atoms with E-state index in [9.17, 15) is 0 Å². The molecule has 0 unspecified atom stereocenters. The summed E-state index contributed by atoms with van der Waals surface area (Å²) in [5.74, 6) is 1.09. The summed E-state index contributed by atoms with van der Waals surface area (Å²) in [4.78, 5) is 1.30. The van der Waals surface area contributed by atoms with Crippen LogP contribution in [0.25, 0.3) is 0 Å². The van der Waals surface area contributed by atoms with E-state index in [1.807, 2.05) is 11.8 Å². The van der Waals surface area contributed by atoms with Gasteiger partial charge in [0.2, 0.25) is 0 Å². The number of benzene rings is 1. The summed E-state index contributed by atoms with van der Waals surface area (Å²) in [6.45, 7) is 5.80. The smallest absolute Gasteiger partial charge is 0.0396 e. The van der Waals surface area contributed by atoms with Gasteiger partial charge in [0.05, 0.1) is 0 Å². The van der Waals surface area contributed by atoms with Crippen LogP contribution < -0.4 is 11.1 Å². The lowest BCUT2D eigenvalue weighted by atomic mass is 10.2. The Balaban J connectivity index is 2.98. The van der Waals surface area contributed by atoms with E-state index in [4.69, 9.17) is 5.73 Å². The molecule has 0 radical (unpaired) electrons. The second kappa shape index (κ2) is 5.94. The maximum Gasteiger partial charge on any atom is 0.0396 e. The average Bonchev–Trinajstić information content (AvgIpc) is 2.19. The van der Waals surface area contributed by atoms with E-state index in [0.717, 1.165) is 12.3 Å². The van der Waals surface area contributed by atoms with Crippen LogP contribution in [0.5, 0.6) is 0 Å². The third-order valence-corrected chi connectivity index (χ3v) is 2.99. The first-order valence-corrected chi connectivity index (χ1v) is 6.00. The third-order valence-electron chi connectivity index (χ3n) is 2.00. The molecule has 1 rings (SSSR count). The summed E-state index contributed by atoms with van der Waals surface area (Å²) < 4.78 is 0. The van der Waals surface area contributed by atoms with Gasteiger partial charge in [0.25, 0.3) is 0 Å². The van der Waals surface area contributed by atoms with Crippen molar-refractivity contribution in [3.05, 3.63) is 23.8 Å². The van der Waals surface area contributed by atoms with Crippen LogP contribution in [-0.4, -0.2) is 12.3 Å². The van der Waals surface area contributed by atoms with Crippen molar-refractivity contribution in [3.8, 4) is 0 Å². The topological polar surface area (TPSA) is 38.0 Å². The standard InChI is InChI=1S/C11H18N2S/c1-3-13-10-6-5-7-11(14-4-2)9(10)8-12/h5-7,13H,3-4,8,12H2,1-2H3. The summed E-state index contributed by atoms with van der Waals surface area (Å²) in [5, 5.41) is 3.33. The molecule has 2 nitrogen and oxygen atoms in total. The molecule has 1 aromatic rings. The second-order valence-electron chi connectivity index (χ2n) is 2.95. The molecule has 0 spiro atoms. The quantitative estimate of drug-likeness (QED) is 0.734. The molecule has 0 saturated carbocycles. The molecule has 0 saturated heterocycles. The lowest BCUT2D eigenvalue weighted by Gasteiger charge is -2.13. The van der Waals surface area contributed by atoms with Crippen LogP contribution in [0.4, 0.5) is 5.69 Å². The number of anilines is 1. The van der Waals surface area contributed by atoms with Crippen molar-refractivity contribution in [1.29, 1.82) is 0 Å². The van der Waals surface area contributed by atoms with Crippen molar-refractivity contribution in [2.75, 3.05) is 17.6 Å². The van der Waals surface area contributed by atoms with Crippen molar-refractivity contribution in [1.82, 2.24) is 0 Å². The van der Waals surface area contributed by atoms with Crippen LogP contribution in [0, 0.1) is 0 Å². The first kappa shape index (κ1) is 11.4. The summed E-state index contributed by atoms with van der Waals surface area (Å²) in [6, 6.07) is 6.30. The van der Waals surface area contributed by atoms with Crippen LogP contribution in [0.15, 0.2) is 23.1 Å². The maximum absolute atomic E-state index is 5.76. The molecule has 14 heavy (non-hydrogen) atoms. The number of rotatable bonds is 5. The summed E-state index contributed by atoms with van der Waals surface area (Å²) in [7, 11) is 0. The Kier molecular flexibility index (Phi) is 4.84. The van der Waals surface area contributed by atoms with Gasteiger partial charge < -0.3 is 11.1 Å². The van der Waals surface area contributed by atoms with Crippen LogP contribution in [0.2, 0.25) is 0 Å². The van der Waals surface area contributed by atoms with Crippen molar-refractivity contribution in [2.24, 2.45) is 5.73 Å². The highest BCUT2D eigenvalue weighted by Crippen LogP contribution is 2.27. The van der Waals surface area contributed by atoms with Gasteiger partial charge >= 0.3 is 0 Å². The molecular weight excluding hydrogens is 192 g/mol. The van der Waals surface area contributed by atoms with Crippen molar-refractivity contribution < 1.29 is 0 Å². The molecule has 0 aliphatic carbocycles. The Morgan fingerprint density at radius 1 is 1.36 bits per heavy atom. The predicted octanol–water partition coefficient (Wildman–Crippen LogP) is 2.69. The van der Waals surface area contributed by atoms with Gasteiger partial charge in [-0.2, -0.15) is 0 Å². The summed E-state index contributed by atoms with van der Waals surface area (Å²) in [6.07, 6.45) is 0. The zero-order valence-electron chi connectivity index (χ0n) is 8.84. The van der Waals surface area contributed by atoms with E-state index in [1.54, 1.807) is 0 Å². The average molecular weight is 210 g/mol. The first-order valence-electron chi connectivity index (χ1n) is 5.02. The fourth-order valence-corrected chi connectivity index (χ4v) is 2.28. The van der Waals surface area contributed by atoms with Gasteiger partial charge in [-0.1, -0.05) is 13.0 Å². The highest BCUT2D eigenvalue weighted by molar-refractivity contribution is 7.99. The van der Waals surface area contributed by atoms with Gasteiger partial charge in [-0.25, -0.2) is 0 Å². The van der Waals surface area contributed by atoms with Gasteiger partial charge in [-0.3, -0.25) is 0 Å². The van der Waals surface area contributed by atoms with E-state index >= 15 is 0 Å². The highest BCUT2D eigenvalue weighted by atomic mass is 32.2. The minimum Gasteiger partial charge on any atom is -0.385 e. The summed E-state index contributed by atoms with van der Waals surface area (Å²) >= 11 is 1.85. The van der Waals surface area contributed by atoms with E-state index in [-0.39, 0.29) is 0 Å². The lowest BCUT2D eigenvalue weighted by molar-refractivity contribution is 1.02. The molecule has 0 amide bonds. The largest absolute Gasteiger partial charge is 0.385 e. The number of nitrogens with one attached hydrogen (secondary N) is 1. The van der Waals surface area contributed by atoms with Gasteiger partial charge in [0.15, 0.2) is 0 Å². The van der Waals surface area contributed by atoms with Crippen LogP contribution in [0.1, 0.15) is 19.4 Å². The molecule has 0 bridgehead atoms. The van der Waals surface area contributed by atoms with E-state index < -0.39 is 0 Å². The zero-order valence-corrected chi connectivity index (χ0v) is 9.66. The van der Waals surface area contributed by atoms with Crippen LogP contribution >= 0.6 is 11.8 Å². The molecule has 0 aliphatic rings. The molecule has 0 aromatic heterocycles. The normalized spacial score (nSPS) is 10.2. The molecule has 0 fully saturated rings. The number of hydrogen-bond acceptors (Lipinski definition) is 3. The molecule has 1 aromatic carbocycles. The van der Waals surface area contributed by atoms with Crippen molar-refractivity contribution in [3.63, 3.8) is 0 Å². The Labute approximate surface area is 90.3 Å². The fraction of sp³-hybridized carbons (Fsp3) is 0.455. The Hall–Kier alpha value is -0.670. The molecule has 3 N–H and O–H groups in total. The van der Waals surface area contributed by atoms with Crippen LogP contribution in [0.3, 0.4) is 0 Å². The van der Waals surface area contributed by atoms with Crippen molar-refractivity contribution in [2.45, 2.75) is 25.3 Å². The van der Waals surface area contributed by atoms with Gasteiger partial charge in [0.1, 0.15) is 0 Å². The van der Waals surface area contributed by atoms with Crippen LogP contribution in [-0.2, 0) is 6.54 Å².